The summed E-state index contributed by atoms with van der Waals surface area (Å²) in [6, 6.07) is 6.96. The minimum absolute atomic E-state index is 0. The Kier molecular flexibility index (Phi) is 29.1. The van der Waals surface area contributed by atoms with Crippen LogP contribution in [0.3, 0.4) is 0 Å². The van der Waals surface area contributed by atoms with Crippen LogP contribution in [0.4, 0.5) is 21.0 Å². The molecular weight excluding hydrogens is 712 g/mol. The molecule has 0 heterocycles. The van der Waals surface area contributed by atoms with Crippen LogP contribution in [0.15, 0.2) is 24.3 Å². The van der Waals surface area contributed by atoms with Crippen LogP contribution in [0.25, 0.3) is 0 Å². The quantitative estimate of drug-likeness (QED) is 0.112. The topological polar surface area (TPSA) is 76.7 Å². The predicted octanol–water partition coefficient (Wildman–Crippen LogP) is 3.23. The highest BCUT2D eigenvalue weighted by Crippen LogP contribution is 2.15. The number of nitrogens with zero attached hydrogens (tertiary/aromatic N) is 2. The monoisotopic (exact) mass is 778 g/mol. The summed E-state index contributed by atoms with van der Waals surface area (Å²) < 4.78 is 12.5. The zero-order valence-corrected chi connectivity index (χ0v) is 33.3. The van der Waals surface area contributed by atoms with E-state index in [0.717, 1.165) is 35.1 Å². The summed E-state index contributed by atoms with van der Waals surface area (Å²) in [5.74, 6) is 0. The maximum absolute atomic E-state index is 12.3. The van der Waals surface area contributed by atoms with Crippen LogP contribution >= 0.6 is 0 Å². The van der Waals surface area contributed by atoms with Gasteiger partial charge in [0.05, 0.1) is 41.3 Å². The molecule has 0 aliphatic heterocycles. The van der Waals surface area contributed by atoms with E-state index in [9.17, 15) is 9.59 Å². The molecule has 10 heteroatoms. The lowest BCUT2D eigenvalue weighted by atomic mass is 10.1. The van der Waals surface area contributed by atoms with Crippen molar-refractivity contribution in [2.45, 2.75) is 117 Å². The van der Waals surface area contributed by atoms with Gasteiger partial charge in [0.15, 0.2) is 0 Å². The largest absolute Gasteiger partial charge is 1.00 e. The maximum atomic E-state index is 12.3. The van der Waals surface area contributed by atoms with Gasteiger partial charge >= 0.3 is 12.2 Å². The number of ether oxygens (including phenoxy) is 2. The van der Waals surface area contributed by atoms with Crippen molar-refractivity contribution in [2.24, 2.45) is 0 Å². The van der Waals surface area contributed by atoms with Gasteiger partial charge in [-0.15, -0.1) is 0 Å². The molecule has 46 heavy (non-hydrogen) atoms. The van der Waals surface area contributed by atoms with Crippen molar-refractivity contribution >= 4 is 23.6 Å². The number of hydrogen-bond donors (Lipinski definition) is 2. The van der Waals surface area contributed by atoms with Crippen molar-refractivity contribution in [3.8, 4) is 0 Å². The van der Waals surface area contributed by atoms with Crippen LogP contribution in [-0.2, 0) is 9.47 Å². The number of nitrogens with one attached hydrogen (secondary N) is 2. The van der Waals surface area contributed by atoms with E-state index in [1.54, 1.807) is 24.3 Å². The summed E-state index contributed by atoms with van der Waals surface area (Å²) in [7, 11) is 8.77. The Morgan fingerprint density at radius 1 is 0.500 bits per heavy atom. The van der Waals surface area contributed by atoms with Crippen molar-refractivity contribution in [3.63, 3.8) is 0 Å². The van der Waals surface area contributed by atoms with Gasteiger partial charge in [0.1, 0.15) is 26.3 Å². The van der Waals surface area contributed by atoms with Gasteiger partial charge in [-0.1, -0.05) is 90.9 Å². The molecule has 1 aromatic carbocycles. The Bertz CT molecular complexity index is 814. The summed E-state index contributed by atoms with van der Waals surface area (Å²) in [5.41, 5.74) is 1.23. The van der Waals surface area contributed by atoms with Gasteiger partial charge in [-0.05, 0) is 49.9 Å². The van der Waals surface area contributed by atoms with Crippen LogP contribution in [0, 0.1) is 0 Å². The van der Waals surface area contributed by atoms with Crippen LogP contribution in [-0.4, -0.2) is 88.7 Å². The number of benzene rings is 1. The molecule has 0 spiro atoms. The van der Waals surface area contributed by atoms with Crippen LogP contribution in [0.1, 0.15) is 117 Å². The van der Waals surface area contributed by atoms with E-state index < -0.39 is 12.2 Å². The third-order valence-electron chi connectivity index (χ3n) is 8.47. The number of carbonyl (C=O) groups excluding carboxylic acids is 2. The average Bonchev–Trinajstić information content (AvgIpc) is 2.96. The number of carbonyl (C=O) groups is 2. The molecule has 8 nitrogen and oxygen atoms in total. The lowest BCUT2D eigenvalue weighted by Crippen LogP contribution is -3.00. The third kappa shape index (κ3) is 26.7. The molecule has 0 atom stereocenters. The Hall–Kier alpha value is -1.36. The molecule has 0 aromatic heterocycles. The molecule has 0 unspecified atom stereocenters. The minimum atomic E-state index is -0.468. The predicted molar refractivity (Wildman–Crippen MR) is 185 cm³/mol. The highest BCUT2D eigenvalue weighted by Gasteiger charge is 2.17. The van der Waals surface area contributed by atoms with Crippen molar-refractivity contribution in [1.82, 2.24) is 0 Å². The molecule has 0 radical (unpaired) electrons. The molecule has 0 saturated carbocycles. The van der Waals surface area contributed by atoms with Gasteiger partial charge in [0, 0.05) is 11.4 Å². The Morgan fingerprint density at radius 2 is 0.783 bits per heavy atom. The number of likely N-dealkylation sites (N-methyl/N-ethyl adjacent to an activating group) is 2. The number of hydrogen-bond acceptors (Lipinski definition) is 4. The van der Waals surface area contributed by atoms with E-state index in [1.165, 1.54) is 103 Å². The highest BCUT2D eigenvalue weighted by molar-refractivity contribution is 5.87. The van der Waals surface area contributed by atoms with Crippen molar-refractivity contribution < 1.29 is 62.0 Å². The maximum Gasteiger partial charge on any atom is 0.411 e. The Labute approximate surface area is 303 Å². The first-order valence-corrected chi connectivity index (χ1v) is 17.7. The molecular formula is C36H68Br2N4O4. The molecule has 2 N–H and O–H groups in total. The van der Waals surface area contributed by atoms with Crippen molar-refractivity contribution in [3.05, 3.63) is 24.3 Å². The third-order valence-corrected chi connectivity index (χ3v) is 8.47. The summed E-state index contributed by atoms with van der Waals surface area (Å²) in [6.07, 6.45) is 20.1. The molecule has 0 aliphatic carbocycles. The standard InChI is InChI=1S/C36H66N4O4.2BrH/c1-7-9-11-13-15-17-19-21-27-39(3,4)29-31-43-35(41)37-33-23-25-34(26-24-33)38-36(42)44-32-30-40(5,6)28-22-20-18-16-14-12-10-8-2;;/h23-26H,7-22,27-32H2,1-6H3;2*1H. The normalized spacial score (nSPS) is 11.3. The number of amides is 2. The zero-order chi connectivity index (χ0) is 32.5. The lowest BCUT2D eigenvalue weighted by Gasteiger charge is -2.29. The first kappa shape index (κ1) is 46.8. The lowest BCUT2D eigenvalue weighted by molar-refractivity contribution is -0.890. The fourth-order valence-corrected chi connectivity index (χ4v) is 5.29. The van der Waals surface area contributed by atoms with E-state index in [4.69, 9.17) is 9.47 Å². The summed E-state index contributed by atoms with van der Waals surface area (Å²) in [6.45, 7) is 8.99. The van der Waals surface area contributed by atoms with Gasteiger partial charge in [-0.2, -0.15) is 0 Å². The Balaban J connectivity index is 0. The first-order chi connectivity index (χ1) is 21.1. The second-order valence-electron chi connectivity index (χ2n) is 13.8. The van der Waals surface area contributed by atoms with Gasteiger partial charge in [-0.3, -0.25) is 10.6 Å². The van der Waals surface area contributed by atoms with Gasteiger partial charge in [-0.25, -0.2) is 9.59 Å². The SMILES string of the molecule is CCCCCCCCCC[N+](C)(C)CCOC(=O)Nc1ccc(NC(=O)OCC[N+](C)(C)CCCCCCCCCC)cc1.[Br-].[Br-]. The molecule has 0 aliphatic rings. The van der Waals surface area contributed by atoms with Crippen molar-refractivity contribution in [1.29, 1.82) is 0 Å². The average molecular weight is 781 g/mol. The van der Waals surface area contributed by atoms with Crippen molar-refractivity contribution in [2.75, 3.05) is 78.2 Å². The molecule has 270 valence electrons. The fourth-order valence-electron chi connectivity index (χ4n) is 5.29. The highest BCUT2D eigenvalue weighted by atomic mass is 79.9. The smallest absolute Gasteiger partial charge is 0.411 e. The van der Waals surface area contributed by atoms with E-state index in [1.807, 2.05) is 0 Å². The van der Waals surface area contributed by atoms with E-state index in [2.05, 4.69) is 52.7 Å². The molecule has 1 rings (SSSR count). The van der Waals surface area contributed by atoms with E-state index >= 15 is 0 Å². The summed E-state index contributed by atoms with van der Waals surface area (Å²) in [4.78, 5) is 24.6. The number of halogens is 2. The second kappa shape index (κ2) is 28.6. The van der Waals surface area contributed by atoms with E-state index in [0.29, 0.717) is 24.6 Å². The van der Waals surface area contributed by atoms with Crippen LogP contribution in [0.5, 0.6) is 0 Å². The van der Waals surface area contributed by atoms with Gasteiger partial charge in [0.25, 0.3) is 0 Å². The van der Waals surface area contributed by atoms with Crippen LogP contribution in [0.2, 0.25) is 0 Å². The minimum Gasteiger partial charge on any atom is -1.00 e. The second-order valence-corrected chi connectivity index (χ2v) is 13.8. The number of rotatable bonds is 26. The molecule has 1 aromatic rings. The number of unbranched alkanes of at least 4 members (excludes halogenated alkanes) is 14. The van der Waals surface area contributed by atoms with Gasteiger partial charge in [0.2, 0.25) is 0 Å². The molecule has 2 amide bonds. The Morgan fingerprint density at radius 3 is 1.09 bits per heavy atom. The van der Waals surface area contributed by atoms with E-state index in [-0.39, 0.29) is 34.0 Å². The van der Waals surface area contributed by atoms with Crippen LogP contribution < -0.4 is 44.6 Å². The molecule has 0 fully saturated rings. The number of quaternary nitrogens is 2. The molecule has 0 bridgehead atoms. The summed E-state index contributed by atoms with van der Waals surface area (Å²) >= 11 is 0. The first-order valence-electron chi connectivity index (χ1n) is 17.7. The summed E-state index contributed by atoms with van der Waals surface area (Å²) in [5, 5.41) is 5.52. The number of anilines is 2. The fraction of sp³-hybridized carbons (Fsp3) is 0.778. The zero-order valence-electron chi connectivity index (χ0n) is 30.1. The van der Waals surface area contributed by atoms with Gasteiger partial charge < -0.3 is 52.4 Å². The molecule has 0 saturated heterocycles.